The minimum absolute atomic E-state index is 0.0434. The molecule has 2 atom stereocenters. The molecule has 2 aromatic rings. The number of sulfone groups is 1. The van der Waals surface area contributed by atoms with Crippen molar-refractivity contribution >= 4 is 44.4 Å². The molecule has 0 aliphatic heterocycles. The average Bonchev–Trinajstić information content (AvgIpc) is 3.22. The molecule has 0 bridgehead atoms. The maximum atomic E-state index is 14.8. The van der Waals surface area contributed by atoms with Gasteiger partial charge in [0.05, 0.1) is 17.3 Å². The lowest BCUT2D eigenvalue weighted by atomic mass is 9.89. The van der Waals surface area contributed by atoms with Crippen molar-refractivity contribution in [2.24, 2.45) is 0 Å². The quantitative estimate of drug-likeness (QED) is 0.592. The Hall–Kier alpha value is -1.75. The van der Waals surface area contributed by atoms with E-state index in [0.29, 0.717) is 10.7 Å². The van der Waals surface area contributed by atoms with Crippen LogP contribution in [0.2, 0.25) is 5.02 Å². The molecule has 1 aromatic heterocycles. The Bertz CT molecular complexity index is 1020. The van der Waals surface area contributed by atoms with Gasteiger partial charge in [-0.2, -0.15) is 0 Å². The van der Waals surface area contributed by atoms with Crippen molar-refractivity contribution in [3.63, 3.8) is 0 Å². The van der Waals surface area contributed by atoms with Gasteiger partial charge in [-0.3, -0.25) is 9.69 Å². The fourth-order valence-corrected chi connectivity index (χ4v) is 6.50. The van der Waals surface area contributed by atoms with E-state index >= 15 is 0 Å². The summed E-state index contributed by atoms with van der Waals surface area (Å²) in [5.41, 5.74) is 0.345. The minimum atomic E-state index is -3.92. The third kappa shape index (κ3) is 5.94. The molecule has 1 heterocycles. The van der Waals surface area contributed by atoms with Crippen LogP contribution in [0.4, 0.5) is 10.1 Å². The van der Waals surface area contributed by atoms with Crippen LogP contribution in [0.25, 0.3) is 0 Å². The number of anilines is 1. The van der Waals surface area contributed by atoms with Crippen LogP contribution in [0.15, 0.2) is 28.6 Å². The van der Waals surface area contributed by atoms with Gasteiger partial charge in [0, 0.05) is 30.7 Å². The number of amides is 1. The highest BCUT2D eigenvalue weighted by molar-refractivity contribution is 7.90. The van der Waals surface area contributed by atoms with E-state index in [1.165, 1.54) is 17.5 Å². The number of nitrogens with one attached hydrogen (secondary N) is 2. The van der Waals surface area contributed by atoms with Crippen LogP contribution < -0.4 is 10.6 Å². The highest BCUT2D eigenvalue weighted by Gasteiger charge is 2.30. The molecule has 1 fully saturated rings. The molecule has 170 valence electrons. The fourth-order valence-electron chi connectivity index (χ4n) is 3.87. The summed E-state index contributed by atoms with van der Waals surface area (Å²) >= 11 is 7.56. The molecule has 1 aliphatic carbocycles. The number of halogens is 2. The standard InChI is InChI=1S/C20H26ClFN4O3S2/c1-23-19(27)11-26(2)17-6-4-3-5-15(17)25-16-10-14(22)18(9-13(16)21)31(28,29)12-20-24-7-8-30-20/h7-10,15,17,25H,3-6,11-12H2,1-2H3,(H,23,27)/t15-,17-/m0/s1. The average molecular weight is 489 g/mol. The second kappa shape index (κ2) is 10.2. The van der Waals surface area contributed by atoms with Gasteiger partial charge in [-0.15, -0.1) is 11.3 Å². The summed E-state index contributed by atoms with van der Waals surface area (Å²) in [6, 6.07) is 2.33. The van der Waals surface area contributed by atoms with Crippen LogP contribution in [0.3, 0.4) is 0 Å². The number of rotatable bonds is 8. The molecule has 0 unspecified atom stereocenters. The highest BCUT2D eigenvalue weighted by Crippen LogP contribution is 2.33. The van der Waals surface area contributed by atoms with Gasteiger partial charge in [0.2, 0.25) is 5.91 Å². The minimum Gasteiger partial charge on any atom is -0.379 e. The van der Waals surface area contributed by atoms with E-state index in [9.17, 15) is 17.6 Å². The second-order valence-corrected chi connectivity index (χ2v) is 11.0. The number of benzene rings is 1. The topological polar surface area (TPSA) is 91.4 Å². The summed E-state index contributed by atoms with van der Waals surface area (Å²) < 4.78 is 40.1. The maximum Gasteiger partial charge on any atom is 0.233 e. The van der Waals surface area contributed by atoms with Crippen molar-refractivity contribution in [2.45, 2.75) is 48.4 Å². The number of hydrogen-bond donors (Lipinski definition) is 2. The monoisotopic (exact) mass is 488 g/mol. The Morgan fingerprint density at radius 3 is 2.77 bits per heavy atom. The molecule has 1 amide bonds. The largest absolute Gasteiger partial charge is 0.379 e. The molecule has 1 aromatic carbocycles. The normalized spacial score (nSPS) is 19.4. The molecular formula is C20H26ClFN4O3S2. The van der Waals surface area contributed by atoms with E-state index < -0.39 is 20.5 Å². The zero-order valence-electron chi connectivity index (χ0n) is 17.4. The Morgan fingerprint density at radius 1 is 1.35 bits per heavy atom. The number of carbonyl (C=O) groups excluding carboxylic acids is 1. The molecule has 3 rings (SSSR count). The van der Waals surface area contributed by atoms with Crippen molar-refractivity contribution < 1.29 is 17.6 Å². The van der Waals surface area contributed by atoms with Crippen molar-refractivity contribution in [3.8, 4) is 0 Å². The summed E-state index contributed by atoms with van der Waals surface area (Å²) in [5, 5.41) is 8.10. The van der Waals surface area contributed by atoms with Crippen LogP contribution in [0, 0.1) is 5.82 Å². The van der Waals surface area contributed by atoms with E-state index in [4.69, 9.17) is 11.6 Å². The first-order chi connectivity index (χ1) is 14.7. The number of nitrogens with zero attached hydrogens (tertiary/aromatic N) is 2. The van der Waals surface area contributed by atoms with Gasteiger partial charge in [-0.25, -0.2) is 17.8 Å². The SMILES string of the molecule is CNC(=O)CN(C)[C@H]1CCCC[C@@H]1Nc1cc(F)c(S(=O)(=O)Cc2nccs2)cc1Cl. The van der Waals surface area contributed by atoms with Crippen LogP contribution >= 0.6 is 22.9 Å². The third-order valence-electron chi connectivity index (χ3n) is 5.46. The van der Waals surface area contributed by atoms with Crippen LogP contribution in [-0.2, 0) is 20.4 Å². The van der Waals surface area contributed by atoms with Crippen molar-refractivity contribution in [2.75, 3.05) is 26.0 Å². The predicted octanol–water partition coefficient (Wildman–Crippen LogP) is 3.31. The number of carbonyl (C=O) groups is 1. The molecule has 0 saturated heterocycles. The van der Waals surface area contributed by atoms with Gasteiger partial charge in [-0.1, -0.05) is 24.4 Å². The van der Waals surface area contributed by atoms with Gasteiger partial charge in [-0.05, 0) is 32.0 Å². The third-order valence-corrected chi connectivity index (χ3v) is 8.37. The Kier molecular flexibility index (Phi) is 7.90. The predicted molar refractivity (Wildman–Crippen MR) is 121 cm³/mol. The zero-order chi connectivity index (χ0) is 22.6. The van der Waals surface area contributed by atoms with Gasteiger partial charge >= 0.3 is 0 Å². The summed E-state index contributed by atoms with van der Waals surface area (Å²) in [6.07, 6.45) is 5.28. The van der Waals surface area contributed by atoms with Crippen molar-refractivity contribution in [1.82, 2.24) is 15.2 Å². The van der Waals surface area contributed by atoms with Crippen LogP contribution in [0.5, 0.6) is 0 Å². The Morgan fingerprint density at radius 2 is 2.10 bits per heavy atom. The number of aromatic nitrogens is 1. The second-order valence-electron chi connectivity index (χ2n) is 7.64. The van der Waals surface area contributed by atoms with E-state index in [0.717, 1.165) is 37.8 Å². The lowest BCUT2D eigenvalue weighted by Crippen LogP contribution is -2.49. The van der Waals surface area contributed by atoms with E-state index in [1.807, 2.05) is 11.9 Å². The molecule has 11 heteroatoms. The van der Waals surface area contributed by atoms with Crippen molar-refractivity contribution in [3.05, 3.63) is 39.6 Å². The van der Waals surface area contributed by atoms with E-state index in [2.05, 4.69) is 15.6 Å². The van der Waals surface area contributed by atoms with Crippen molar-refractivity contribution in [1.29, 1.82) is 0 Å². The zero-order valence-corrected chi connectivity index (χ0v) is 19.8. The van der Waals surface area contributed by atoms with Gasteiger partial charge in [0.25, 0.3) is 0 Å². The Labute approximate surface area is 190 Å². The number of thiazole rings is 1. The first-order valence-corrected chi connectivity index (χ1v) is 12.9. The molecular weight excluding hydrogens is 463 g/mol. The first kappa shape index (κ1) is 23.9. The Balaban J connectivity index is 1.79. The number of hydrogen-bond acceptors (Lipinski definition) is 7. The summed E-state index contributed by atoms with van der Waals surface area (Å²) in [6.45, 7) is 0.259. The molecule has 31 heavy (non-hydrogen) atoms. The smallest absolute Gasteiger partial charge is 0.233 e. The van der Waals surface area contributed by atoms with Crippen LogP contribution in [-0.4, -0.2) is 56.9 Å². The van der Waals surface area contributed by atoms with E-state index in [1.54, 1.807) is 12.4 Å². The number of likely N-dealkylation sites (N-methyl/N-ethyl adjacent to an activating group) is 2. The van der Waals surface area contributed by atoms with Gasteiger partial charge in [0.1, 0.15) is 21.5 Å². The molecule has 1 aliphatic rings. The van der Waals surface area contributed by atoms with Crippen LogP contribution in [0.1, 0.15) is 30.7 Å². The summed E-state index contributed by atoms with van der Waals surface area (Å²) in [5.74, 6) is -1.31. The lowest BCUT2D eigenvalue weighted by molar-refractivity contribution is -0.122. The molecule has 7 nitrogen and oxygen atoms in total. The first-order valence-electron chi connectivity index (χ1n) is 9.99. The van der Waals surface area contributed by atoms with E-state index in [-0.39, 0.29) is 35.3 Å². The van der Waals surface area contributed by atoms with Gasteiger partial charge in [0.15, 0.2) is 9.84 Å². The molecule has 1 saturated carbocycles. The lowest BCUT2D eigenvalue weighted by Gasteiger charge is -2.38. The summed E-state index contributed by atoms with van der Waals surface area (Å²) in [7, 11) is -0.437. The van der Waals surface area contributed by atoms with Gasteiger partial charge < -0.3 is 10.6 Å². The molecule has 0 spiro atoms. The fraction of sp³-hybridized carbons (Fsp3) is 0.500. The molecule has 0 radical (unpaired) electrons. The highest BCUT2D eigenvalue weighted by atomic mass is 35.5. The molecule has 2 N–H and O–H groups in total. The summed E-state index contributed by atoms with van der Waals surface area (Å²) in [4.78, 5) is 17.3. The maximum absolute atomic E-state index is 14.8.